The number of hydrogen-bond donors (Lipinski definition) is 1. The van der Waals surface area contributed by atoms with E-state index in [0.717, 1.165) is 24.0 Å². The molecule has 0 aliphatic carbocycles. The zero-order valence-corrected chi connectivity index (χ0v) is 12.8. The van der Waals surface area contributed by atoms with Gasteiger partial charge in [-0.3, -0.25) is 9.59 Å². The van der Waals surface area contributed by atoms with Crippen LogP contribution in [0, 0.1) is 24.2 Å². The second-order valence-electron chi connectivity index (χ2n) is 5.74. The fourth-order valence-electron chi connectivity index (χ4n) is 2.61. The van der Waals surface area contributed by atoms with Gasteiger partial charge < -0.3 is 10.2 Å². The monoisotopic (exact) mass is 299 g/mol. The first-order valence-electron chi connectivity index (χ1n) is 7.59. The highest BCUT2D eigenvalue weighted by atomic mass is 16.2. The van der Waals surface area contributed by atoms with Crippen LogP contribution in [0.4, 0.5) is 0 Å². The van der Waals surface area contributed by atoms with Crippen molar-refractivity contribution in [3.63, 3.8) is 0 Å². The van der Waals surface area contributed by atoms with E-state index in [0.29, 0.717) is 25.6 Å². The van der Waals surface area contributed by atoms with Gasteiger partial charge in [0, 0.05) is 25.2 Å². The number of amides is 2. The van der Waals surface area contributed by atoms with Crippen molar-refractivity contribution >= 4 is 11.8 Å². The highest BCUT2D eigenvalue weighted by Crippen LogP contribution is 2.18. The first-order valence-corrected chi connectivity index (χ1v) is 7.59. The zero-order valence-electron chi connectivity index (χ0n) is 12.8. The second kappa shape index (κ2) is 7.60. The molecule has 1 fully saturated rings. The molecule has 0 atom stereocenters. The maximum absolute atomic E-state index is 12.4. The normalized spacial score (nSPS) is 15.2. The van der Waals surface area contributed by atoms with E-state index in [4.69, 9.17) is 5.26 Å². The van der Waals surface area contributed by atoms with Crippen LogP contribution < -0.4 is 5.32 Å². The number of aryl methyl sites for hydroxylation is 1. The predicted octanol–water partition coefficient (Wildman–Crippen LogP) is 1.88. The number of rotatable bonds is 4. The molecule has 1 aromatic carbocycles. The lowest BCUT2D eigenvalue weighted by Gasteiger charge is -2.32. The first kappa shape index (κ1) is 16.0. The number of carbonyl (C=O) groups is 2. The third-order valence-electron chi connectivity index (χ3n) is 4.03. The number of benzene rings is 1. The number of piperidine rings is 1. The van der Waals surface area contributed by atoms with Crippen molar-refractivity contribution in [3.05, 3.63) is 35.4 Å². The fourth-order valence-corrected chi connectivity index (χ4v) is 2.61. The summed E-state index contributed by atoms with van der Waals surface area (Å²) < 4.78 is 0. The van der Waals surface area contributed by atoms with Gasteiger partial charge in [0.25, 0.3) is 5.91 Å². The molecular weight excluding hydrogens is 278 g/mol. The Morgan fingerprint density at radius 3 is 2.50 bits per heavy atom. The van der Waals surface area contributed by atoms with Crippen LogP contribution in [0.1, 0.15) is 35.2 Å². The van der Waals surface area contributed by atoms with Crippen molar-refractivity contribution in [3.8, 4) is 6.07 Å². The topological polar surface area (TPSA) is 73.2 Å². The molecule has 22 heavy (non-hydrogen) atoms. The minimum absolute atomic E-state index is 0.0759. The van der Waals surface area contributed by atoms with Crippen LogP contribution in [0.15, 0.2) is 24.3 Å². The maximum atomic E-state index is 12.4. The maximum Gasteiger partial charge on any atom is 0.253 e. The van der Waals surface area contributed by atoms with E-state index in [-0.39, 0.29) is 18.2 Å². The molecule has 1 saturated heterocycles. The standard InChI is InChI=1S/C17H21N3O2/c1-13-2-4-15(5-3-13)17(22)20-10-7-14(8-11-20)12-19-16(21)6-9-18/h2-5,14H,6-8,10-12H2,1H3,(H,19,21). The lowest BCUT2D eigenvalue weighted by atomic mass is 9.96. The molecule has 0 saturated carbocycles. The predicted molar refractivity (Wildman–Crippen MR) is 83.0 cm³/mol. The summed E-state index contributed by atoms with van der Waals surface area (Å²) in [7, 11) is 0. The van der Waals surface area contributed by atoms with Crippen LogP contribution in [0.3, 0.4) is 0 Å². The van der Waals surface area contributed by atoms with Crippen LogP contribution >= 0.6 is 0 Å². The van der Waals surface area contributed by atoms with E-state index in [1.54, 1.807) is 0 Å². The van der Waals surface area contributed by atoms with Crippen molar-refractivity contribution in [1.29, 1.82) is 5.26 Å². The van der Waals surface area contributed by atoms with Crippen LogP contribution in [-0.4, -0.2) is 36.3 Å². The molecule has 1 heterocycles. The smallest absolute Gasteiger partial charge is 0.253 e. The van der Waals surface area contributed by atoms with Crippen molar-refractivity contribution < 1.29 is 9.59 Å². The highest BCUT2D eigenvalue weighted by molar-refractivity contribution is 5.94. The molecule has 2 amide bonds. The van der Waals surface area contributed by atoms with Crippen LogP contribution in [0.25, 0.3) is 0 Å². The largest absolute Gasteiger partial charge is 0.355 e. The number of nitriles is 1. The van der Waals surface area contributed by atoms with E-state index < -0.39 is 0 Å². The average Bonchev–Trinajstić information content (AvgIpc) is 2.54. The third-order valence-corrected chi connectivity index (χ3v) is 4.03. The summed E-state index contributed by atoms with van der Waals surface area (Å²) in [4.78, 5) is 25.5. The first-order chi connectivity index (χ1) is 10.6. The Bertz CT molecular complexity index is 567. The molecule has 0 unspecified atom stereocenters. The van der Waals surface area contributed by atoms with Crippen LogP contribution in [0.2, 0.25) is 0 Å². The van der Waals surface area contributed by atoms with E-state index in [9.17, 15) is 9.59 Å². The van der Waals surface area contributed by atoms with Gasteiger partial charge in [-0.2, -0.15) is 5.26 Å². The molecule has 1 aromatic rings. The van der Waals surface area contributed by atoms with E-state index in [2.05, 4.69) is 5.32 Å². The minimum Gasteiger partial charge on any atom is -0.355 e. The Morgan fingerprint density at radius 1 is 1.27 bits per heavy atom. The van der Waals surface area contributed by atoms with Gasteiger partial charge in [0.2, 0.25) is 5.91 Å². The van der Waals surface area contributed by atoms with E-state index >= 15 is 0 Å². The van der Waals surface area contributed by atoms with Gasteiger partial charge in [0.1, 0.15) is 6.42 Å². The molecule has 0 radical (unpaired) electrons. The molecule has 1 aliphatic heterocycles. The Hall–Kier alpha value is -2.35. The molecule has 5 nitrogen and oxygen atoms in total. The summed E-state index contributed by atoms with van der Waals surface area (Å²) >= 11 is 0. The molecule has 0 aromatic heterocycles. The summed E-state index contributed by atoms with van der Waals surface area (Å²) in [5.74, 6) is 0.234. The Kier molecular flexibility index (Phi) is 5.54. The van der Waals surface area contributed by atoms with Gasteiger partial charge in [-0.15, -0.1) is 0 Å². The van der Waals surface area contributed by atoms with Gasteiger partial charge in [0.05, 0.1) is 6.07 Å². The van der Waals surface area contributed by atoms with Gasteiger partial charge in [-0.1, -0.05) is 17.7 Å². The third kappa shape index (κ3) is 4.32. The summed E-state index contributed by atoms with van der Waals surface area (Å²) in [6.45, 7) is 4.02. The Balaban J connectivity index is 1.79. The number of hydrogen-bond acceptors (Lipinski definition) is 3. The van der Waals surface area contributed by atoms with Crippen LogP contribution in [0.5, 0.6) is 0 Å². The van der Waals surface area contributed by atoms with Crippen LogP contribution in [-0.2, 0) is 4.79 Å². The lowest BCUT2D eigenvalue weighted by Crippen LogP contribution is -2.41. The highest BCUT2D eigenvalue weighted by Gasteiger charge is 2.23. The molecule has 5 heteroatoms. The second-order valence-corrected chi connectivity index (χ2v) is 5.74. The van der Waals surface area contributed by atoms with Gasteiger partial charge in [-0.05, 0) is 37.8 Å². The van der Waals surface area contributed by atoms with Crippen molar-refractivity contribution in [2.24, 2.45) is 5.92 Å². The van der Waals surface area contributed by atoms with Gasteiger partial charge in [0.15, 0.2) is 0 Å². The molecular formula is C17H21N3O2. The summed E-state index contributed by atoms with van der Waals surface area (Å²) in [5, 5.41) is 11.2. The number of nitrogens with zero attached hydrogens (tertiary/aromatic N) is 2. The summed E-state index contributed by atoms with van der Waals surface area (Å²) in [6, 6.07) is 9.47. The molecule has 2 rings (SSSR count). The fraction of sp³-hybridized carbons (Fsp3) is 0.471. The SMILES string of the molecule is Cc1ccc(C(=O)N2CCC(CNC(=O)CC#N)CC2)cc1. The van der Waals surface area contributed by atoms with E-state index in [1.807, 2.05) is 42.2 Å². The summed E-state index contributed by atoms with van der Waals surface area (Å²) in [5.41, 5.74) is 1.87. The summed E-state index contributed by atoms with van der Waals surface area (Å²) in [6.07, 6.45) is 1.67. The molecule has 0 spiro atoms. The lowest BCUT2D eigenvalue weighted by molar-refractivity contribution is -0.120. The number of carbonyl (C=O) groups excluding carboxylic acids is 2. The average molecular weight is 299 g/mol. The Labute approximate surface area is 130 Å². The van der Waals surface area contributed by atoms with Crippen molar-refractivity contribution in [1.82, 2.24) is 10.2 Å². The zero-order chi connectivity index (χ0) is 15.9. The van der Waals surface area contributed by atoms with Gasteiger partial charge in [-0.25, -0.2) is 0 Å². The molecule has 0 bridgehead atoms. The minimum atomic E-state index is -0.222. The molecule has 116 valence electrons. The van der Waals surface area contributed by atoms with Crippen molar-refractivity contribution in [2.75, 3.05) is 19.6 Å². The Morgan fingerprint density at radius 2 is 1.91 bits per heavy atom. The van der Waals surface area contributed by atoms with Gasteiger partial charge >= 0.3 is 0 Å². The quantitative estimate of drug-likeness (QED) is 0.922. The van der Waals surface area contributed by atoms with E-state index in [1.165, 1.54) is 0 Å². The number of nitrogens with one attached hydrogen (secondary N) is 1. The molecule has 1 N–H and O–H groups in total. The number of likely N-dealkylation sites (tertiary alicyclic amines) is 1. The molecule has 1 aliphatic rings. The van der Waals surface area contributed by atoms with Crippen molar-refractivity contribution in [2.45, 2.75) is 26.2 Å².